The van der Waals surface area contributed by atoms with Gasteiger partial charge in [0.15, 0.2) is 0 Å². The molecule has 0 spiro atoms. The maximum absolute atomic E-state index is 15.0. The number of aromatic nitrogens is 3. The molecular weight excluding hydrogens is 591 g/mol. The van der Waals surface area contributed by atoms with E-state index in [1.165, 1.54) is 25.3 Å². The van der Waals surface area contributed by atoms with Gasteiger partial charge in [0, 0.05) is 60.1 Å². The molecule has 0 radical (unpaired) electrons. The molecule has 8 nitrogen and oxygen atoms in total. The van der Waals surface area contributed by atoms with Gasteiger partial charge in [0.2, 0.25) is 0 Å². The van der Waals surface area contributed by atoms with Gasteiger partial charge in [-0.25, -0.2) is 9.37 Å². The molecule has 0 bridgehead atoms. The van der Waals surface area contributed by atoms with Crippen LogP contribution in [0.3, 0.4) is 0 Å². The monoisotopic (exact) mass is 634 g/mol. The van der Waals surface area contributed by atoms with Crippen LogP contribution < -0.4 is 10.6 Å². The van der Waals surface area contributed by atoms with E-state index >= 15 is 0 Å². The third-order valence-corrected chi connectivity index (χ3v) is 9.34. The Labute approximate surface area is 276 Å². The molecule has 2 aliphatic rings. The summed E-state index contributed by atoms with van der Waals surface area (Å²) < 4.78 is 22.5. The average molecular weight is 635 g/mol. The molecule has 0 atom stereocenters. The van der Waals surface area contributed by atoms with Gasteiger partial charge in [-0.3, -0.25) is 14.4 Å². The third-order valence-electron chi connectivity index (χ3n) is 9.34. The van der Waals surface area contributed by atoms with E-state index in [1.807, 2.05) is 42.9 Å². The SMILES string of the molecule is CCC1CCN(Cc2ccc(NC(=O)c3ccc(C)c(C#Cc4ccc(Nc5cn(C6CCOCC6)nc5C)nc4)c3)cc2F)CC1. The molecule has 244 valence electrons. The maximum atomic E-state index is 15.0. The Bertz CT molecular complexity index is 1760. The van der Waals surface area contributed by atoms with E-state index in [1.54, 1.807) is 30.5 Å². The van der Waals surface area contributed by atoms with Crippen LogP contribution in [0.2, 0.25) is 0 Å². The van der Waals surface area contributed by atoms with Crippen molar-refractivity contribution >= 4 is 23.1 Å². The van der Waals surface area contributed by atoms with Crippen LogP contribution in [0.15, 0.2) is 60.9 Å². The zero-order valence-electron chi connectivity index (χ0n) is 27.5. The second-order valence-electron chi connectivity index (χ2n) is 12.7. The predicted molar refractivity (Wildman–Crippen MR) is 183 cm³/mol. The van der Waals surface area contributed by atoms with E-state index in [9.17, 15) is 9.18 Å². The highest BCUT2D eigenvalue weighted by Crippen LogP contribution is 2.26. The van der Waals surface area contributed by atoms with E-state index in [4.69, 9.17) is 9.84 Å². The van der Waals surface area contributed by atoms with Crippen LogP contribution in [0, 0.1) is 37.4 Å². The molecule has 4 heterocycles. The minimum Gasteiger partial charge on any atom is -0.381 e. The molecular formula is C38H43FN6O2. The van der Waals surface area contributed by atoms with Crippen LogP contribution in [-0.4, -0.2) is 51.9 Å². The molecule has 2 aliphatic heterocycles. The zero-order chi connectivity index (χ0) is 32.8. The number of rotatable bonds is 8. The number of ether oxygens (including phenoxy) is 1. The molecule has 0 unspecified atom stereocenters. The van der Waals surface area contributed by atoms with Crippen molar-refractivity contribution < 1.29 is 13.9 Å². The first-order chi connectivity index (χ1) is 22.8. The van der Waals surface area contributed by atoms with Gasteiger partial charge in [0.1, 0.15) is 11.6 Å². The summed E-state index contributed by atoms with van der Waals surface area (Å²) in [6, 6.07) is 14.5. The van der Waals surface area contributed by atoms with Crippen LogP contribution in [0.4, 0.5) is 21.6 Å². The van der Waals surface area contributed by atoms with E-state index in [-0.39, 0.29) is 11.7 Å². The number of nitrogens with zero attached hydrogens (tertiary/aromatic N) is 4. The van der Waals surface area contributed by atoms with Gasteiger partial charge in [0.05, 0.1) is 17.4 Å². The number of amides is 1. The summed E-state index contributed by atoms with van der Waals surface area (Å²) >= 11 is 0. The van der Waals surface area contributed by atoms with E-state index < -0.39 is 0 Å². The predicted octanol–water partition coefficient (Wildman–Crippen LogP) is 7.40. The van der Waals surface area contributed by atoms with E-state index in [2.05, 4.69) is 39.3 Å². The summed E-state index contributed by atoms with van der Waals surface area (Å²) in [7, 11) is 0. The number of carbonyl (C=O) groups excluding carboxylic acids is 1. The second kappa shape index (κ2) is 14.9. The summed E-state index contributed by atoms with van der Waals surface area (Å²) in [5.41, 5.74) is 5.83. The fraction of sp³-hybridized carbons (Fsp3) is 0.395. The Kier molecular flexibility index (Phi) is 10.3. The number of likely N-dealkylation sites (tertiary alicyclic amines) is 1. The van der Waals surface area contributed by atoms with E-state index in [0.717, 1.165) is 73.1 Å². The number of anilines is 3. The highest BCUT2D eigenvalue weighted by Gasteiger charge is 2.20. The number of pyridine rings is 1. The summed E-state index contributed by atoms with van der Waals surface area (Å²) in [6.45, 7) is 10.3. The van der Waals surface area contributed by atoms with Crippen molar-refractivity contribution in [1.29, 1.82) is 0 Å². The molecule has 47 heavy (non-hydrogen) atoms. The molecule has 1 amide bonds. The quantitative estimate of drug-likeness (QED) is 0.197. The van der Waals surface area contributed by atoms with Crippen molar-refractivity contribution in [2.24, 2.45) is 5.92 Å². The van der Waals surface area contributed by atoms with Crippen molar-refractivity contribution in [1.82, 2.24) is 19.7 Å². The topological polar surface area (TPSA) is 84.3 Å². The number of benzene rings is 2. The van der Waals surface area contributed by atoms with E-state index in [0.29, 0.717) is 35.2 Å². The lowest BCUT2D eigenvalue weighted by Crippen LogP contribution is -2.33. The fourth-order valence-corrected chi connectivity index (χ4v) is 6.21. The minimum absolute atomic E-state index is 0.300. The number of hydrogen-bond donors (Lipinski definition) is 2. The normalized spacial score (nSPS) is 16.0. The lowest BCUT2D eigenvalue weighted by atomic mass is 9.94. The molecule has 9 heteroatoms. The number of aryl methyl sites for hydroxylation is 2. The Morgan fingerprint density at radius 1 is 1.02 bits per heavy atom. The second-order valence-corrected chi connectivity index (χ2v) is 12.7. The fourth-order valence-electron chi connectivity index (χ4n) is 6.21. The summed E-state index contributed by atoms with van der Waals surface area (Å²) in [5.74, 6) is 7.23. The van der Waals surface area contributed by atoms with Gasteiger partial charge < -0.3 is 15.4 Å². The molecule has 2 saturated heterocycles. The van der Waals surface area contributed by atoms with Crippen LogP contribution in [0.5, 0.6) is 0 Å². The highest BCUT2D eigenvalue weighted by atomic mass is 19.1. The largest absolute Gasteiger partial charge is 0.381 e. The standard InChI is InChI=1S/C38H43FN6O2/c1-4-28-13-17-44(18-14-28)24-32-10-11-33(22-35(32)39)41-38(46)31-8-5-26(2)30(21-31)9-6-29-7-12-37(40-23-29)42-36-25-45(43-27(36)3)34-15-19-47-20-16-34/h5,7-8,10-12,21-23,25,28,34H,4,13-20,24H2,1-3H3,(H,40,42)(H,41,46). The molecule has 2 fully saturated rings. The highest BCUT2D eigenvalue weighted by molar-refractivity contribution is 6.04. The van der Waals surface area contributed by atoms with Crippen LogP contribution in [0.1, 0.15) is 83.4 Å². The van der Waals surface area contributed by atoms with Crippen molar-refractivity contribution in [3.63, 3.8) is 0 Å². The zero-order valence-corrected chi connectivity index (χ0v) is 27.5. The molecule has 6 rings (SSSR count). The average Bonchev–Trinajstić information content (AvgIpc) is 3.46. The number of nitrogens with one attached hydrogen (secondary N) is 2. The number of halogens is 1. The van der Waals surface area contributed by atoms with Gasteiger partial charge in [0.25, 0.3) is 5.91 Å². The van der Waals surface area contributed by atoms with Gasteiger partial charge in [-0.05, 0) is 100 Å². The first-order valence-electron chi connectivity index (χ1n) is 16.7. The molecule has 2 aromatic carbocycles. The Morgan fingerprint density at radius 3 is 2.55 bits per heavy atom. The smallest absolute Gasteiger partial charge is 0.255 e. The number of carbonyl (C=O) groups is 1. The number of piperidine rings is 1. The van der Waals surface area contributed by atoms with Gasteiger partial charge in [-0.1, -0.05) is 37.3 Å². The van der Waals surface area contributed by atoms with Crippen LogP contribution in [-0.2, 0) is 11.3 Å². The summed E-state index contributed by atoms with van der Waals surface area (Å²) in [4.78, 5) is 20.0. The van der Waals surface area contributed by atoms with Gasteiger partial charge >= 0.3 is 0 Å². The summed E-state index contributed by atoms with van der Waals surface area (Å²) in [5, 5.41) is 10.9. The Morgan fingerprint density at radius 2 is 1.83 bits per heavy atom. The molecule has 0 aliphatic carbocycles. The van der Waals surface area contributed by atoms with Crippen molar-refractivity contribution in [2.75, 3.05) is 36.9 Å². The van der Waals surface area contributed by atoms with Crippen LogP contribution in [0.25, 0.3) is 0 Å². The van der Waals surface area contributed by atoms with Crippen molar-refractivity contribution in [2.45, 2.75) is 65.5 Å². The Hall–Kier alpha value is -4.52. The van der Waals surface area contributed by atoms with Gasteiger partial charge in [-0.2, -0.15) is 5.10 Å². The first-order valence-corrected chi connectivity index (χ1v) is 16.7. The maximum Gasteiger partial charge on any atom is 0.255 e. The molecule has 2 aromatic heterocycles. The van der Waals surface area contributed by atoms with Gasteiger partial charge in [-0.15, -0.1) is 0 Å². The lowest BCUT2D eigenvalue weighted by Gasteiger charge is -2.31. The van der Waals surface area contributed by atoms with Crippen molar-refractivity contribution in [3.05, 3.63) is 100 Å². The summed E-state index contributed by atoms with van der Waals surface area (Å²) in [6.07, 6.45) is 9.24. The molecule has 4 aromatic rings. The molecule has 0 saturated carbocycles. The number of hydrogen-bond acceptors (Lipinski definition) is 6. The first kappa shape index (κ1) is 32.4. The van der Waals surface area contributed by atoms with Crippen molar-refractivity contribution in [3.8, 4) is 11.8 Å². The lowest BCUT2D eigenvalue weighted by molar-refractivity contribution is 0.0662. The molecule has 2 N–H and O–H groups in total. The minimum atomic E-state index is -0.311. The Balaban J connectivity index is 1.06. The third kappa shape index (κ3) is 8.26. The van der Waals surface area contributed by atoms with Crippen LogP contribution >= 0.6 is 0 Å².